The van der Waals surface area contributed by atoms with Crippen LogP contribution in [0.15, 0.2) is 90.2 Å². The highest BCUT2D eigenvalue weighted by Crippen LogP contribution is 2.44. The fourth-order valence-corrected chi connectivity index (χ4v) is 5.56. The molecule has 0 radical (unpaired) electrons. The highest BCUT2D eigenvalue weighted by atomic mass is 32.1. The summed E-state index contributed by atoms with van der Waals surface area (Å²) in [6.07, 6.45) is 0.725. The smallest absolute Gasteiger partial charge is 0.296 e. The Morgan fingerprint density at radius 3 is 2.31 bits per heavy atom. The topological polar surface area (TPSA) is 70.5 Å². The van der Waals surface area contributed by atoms with Gasteiger partial charge in [-0.2, -0.15) is 0 Å². The van der Waals surface area contributed by atoms with Gasteiger partial charge in [-0.05, 0) is 40.7 Å². The number of ketones is 1. The van der Waals surface area contributed by atoms with E-state index in [1.807, 2.05) is 78.9 Å². The van der Waals surface area contributed by atoms with Crippen molar-refractivity contribution in [2.24, 2.45) is 0 Å². The van der Waals surface area contributed by atoms with Crippen molar-refractivity contribution in [3.8, 4) is 0 Å². The number of carbonyl (C=O) groups is 2. The van der Waals surface area contributed by atoms with Crippen molar-refractivity contribution >= 4 is 38.4 Å². The van der Waals surface area contributed by atoms with Crippen LogP contribution in [0, 0.1) is 0 Å². The Morgan fingerprint density at radius 2 is 1.64 bits per heavy atom. The molecule has 1 amide bonds. The Bertz CT molecular complexity index is 1430. The second-order valence-corrected chi connectivity index (χ2v) is 11.1. The number of nitrogens with zero attached hydrogens (tertiary/aromatic N) is 2. The predicted molar refractivity (Wildman–Crippen MR) is 144 cm³/mol. The number of hydrogen-bond acceptors (Lipinski definition) is 5. The first-order valence-electron chi connectivity index (χ1n) is 12.0. The van der Waals surface area contributed by atoms with E-state index in [9.17, 15) is 14.7 Å². The van der Waals surface area contributed by atoms with E-state index < -0.39 is 17.7 Å². The van der Waals surface area contributed by atoms with Gasteiger partial charge in [-0.1, -0.05) is 98.8 Å². The van der Waals surface area contributed by atoms with Gasteiger partial charge < -0.3 is 5.11 Å². The molecule has 0 fully saturated rings. The Morgan fingerprint density at radius 1 is 0.972 bits per heavy atom. The summed E-state index contributed by atoms with van der Waals surface area (Å²) >= 11 is 1.38. The second-order valence-electron chi connectivity index (χ2n) is 10.1. The normalized spacial score (nSPS) is 16.2. The van der Waals surface area contributed by atoms with Crippen molar-refractivity contribution in [3.63, 3.8) is 0 Å². The van der Waals surface area contributed by atoms with Crippen molar-refractivity contribution in [2.45, 2.75) is 45.1 Å². The Hall–Kier alpha value is -3.77. The van der Waals surface area contributed by atoms with Crippen molar-refractivity contribution < 1.29 is 14.7 Å². The molecule has 1 N–H and O–H groups in total. The number of aliphatic hydroxyl groups is 1. The van der Waals surface area contributed by atoms with E-state index in [1.165, 1.54) is 16.2 Å². The highest BCUT2D eigenvalue weighted by molar-refractivity contribution is 7.22. The fraction of sp³-hybridized carbons (Fsp3) is 0.233. The van der Waals surface area contributed by atoms with Crippen LogP contribution in [0.5, 0.6) is 0 Å². The quantitative estimate of drug-likeness (QED) is 0.323. The van der Waals surface area contributed by atoms with Gasteiger partial charge in [-0.15, -0.1) is 0 Å². The number of anilines is 1. The number of Topliss-reactive ketones (excluding diaryl/α,β-unsaturated/α-hetero) is 1. The zero-order valence-corrected chi connectivity index (χ0v) is 21.4. The number of para-hydroxylation sites is 1. The average Bonchev–Trinajstić information content (AvgIpc) is 3.41. The third-order valence-electron chi connectivity index (χ3n) is 6.57. The first kappa shape index (κ1) is 23.9. The van der Waals surface area contributed by atoms with Gasteiger partial charge in [0.05, 0.1) is 21.8 Å². The number of aliphatic hydroxyl groups excluding tert-OH is 1. The molecule has 0 bridgehead atoms. The third kappa shape index (κ3) is 4.44. The van der Waals surface area contributed by atoms with E-state index >= 15 is 0 Å². The van der Waals surface area contributed by atoms with Gasteiger partial charge in [0.2, 0.25) is 0 Å². The van der Waals surface area contributed by atoms with Gasteiger partial charge in [0, 0.05) is 6.42 Å². The summed E-state index contributed by atoms with van der Waals surface area (Å²) < 4.78 is 0.936. The molecule has 182 valence electrons. The lowest BCUT2D eigenvalue weighted by molar-refractivity contribution is -0.118. The number of rotatable bonds is 6. The van der Waals surface area contributed by atoms with E-state index in [2.05, 4.69) is 25.8 Å². The monoisotopic (exact) mass is 496 g/mol. The van der Waals surface area contributed by atoms with E-state index in [0.717, 1.165) is 26.9 Å². The molecular weight excluding hydrogens is 468 g/mol. The molecule has 0 spiro atoms. The van der Waals surface area contributed by atoms with Gasteiger partial charge >= 0.3 is 0 Å². The molecule has 36 heavy (non-hydrogen) atoms. The molecule has 2 heterocycles. The summed E-state index contributed by atoms with van der Waals surface area (Å²) in [6.45, 7) is 6.41. The molecule has 1 aliphatic heterocycles. The molecule has 6 heteroatoms. The standard InChI is InChI=1S/C30H28N2O3S/c1-30(2,3)21-16-14-20(15-17-21)26-25(23(33)18-13-19-9-5-4-6-10-19)27(34)28(35)32(26)29-31-22-11-7-8-12-24(22)36-29/h4-12,14-17,26,34H,13,18H2,1-3H3. The third-order valence-corrected chi connectivity index (χ3v) is 7.61. The maximum absolute atomic E-state index is 13.5. The first-order valence-corrected chi connectivity index (χ1v) is 12.9. The van der Waals surface area contributed by atoms with Gasteiger partial charge in [-0.25, -0.2) is 4.98 Å². The number of carbonyl (C=O) groups excluding carboxylic acids is 2. The molecular formula is C30H28N2O3S. The Balaban J connectivity index is 1.56. The lowest BCUT2D eigenvalue weighted by Gasteiger charge is -2.26. The summed E-state index contributed by atoms with van der Waals surface area (Å²) in [5.41, 5.74) is 3.82. The van der Waals surface area contributed by atoms with Crippen LogP contribution in [0.1, 0.15) is 49.9 Å². The summed E-state index contributed by atoms with van der Waals surface area (Å²) in [5.74, 6) is -1.32. The molecule has 3 aromatic carbocycles. The molecule has 0 saturated heterocycles. The van der Waals surface area contributed by atoms with Crippen molar-refractivity contribution in [2.75, 3.05) is 4.90 Å². The summed E-state index contributed by atoms with van der Waals surface area (Å²) in [5, 5.41) is 11.5. The number of aromatic nitrogens is 1. The minimum Gasteiger partial charge on any atom is -0.503 e. The van der Waals surface area contributed by atoms with Gasteiger partial charge in [0.1, 0.15) is 0 Å². The SMILES string of the molecule is CC(C)(C)c1ccc(C2C(C(=O)CCc3ccccc3)=C(O)C(=O)N2c2nc3ccccc3s2)cc1. The Kier molecular flexibility index (Phi) is 6.22. The van der Waals surface area contributed by atoms with Gasteiger partial charge in [0.25, 0.3) is 5.91 Å². The second kappa shape index (κ2) is 9.36. The zero-order chi connectivity index (χ0) is 25.4. The number of benzene rings is 3. The molecule has 0 aliphatic carbocycles. The maximum Gasteiger partial charge on any atom is 0.296 e. The molecule has 1 atom stereocenters. The van der Waals surface area contributed by atoms with Crippen LogP contribution in [0.2, 0.25) is 0 Å². The molecule has 1 aliphatic rings. The van der Waals surface area contributed by atoms with Crippen molar-refractivity contribution in [1.29, 1.82) is 0 Å². The Labute approximate surface area is 214 Å². The minimum absolute atomic E-state index is 0.0386. The van der Waals surface area contributed by atoms with Gasteiger partial charge in [-0.3, -0.25) is 14.5 Å². The fourth-order valence-electron chi connectivity index (χ4n) is 4.57. The van der Waals surface area contributed by atoms with E-state index in [-0.39, 0.29) is 23.2 Å². The molecule has 4 aromatic rings. The largest absolute Gasteiger partial charge is 0.503 e. The molecule has 0 saturated carbocycles. The van der Waals surface area contributed by atoms with E-state index in [4.69, 9.17) is 0 Å². The van der Waals surface area contributed by atoms with Crippen LogP contribution in [0.4, 0.5) is 5.13 Å². The van der Waals surface area contributed by atoms with E-state index in [1.54, 1.807) is 0 Å². The number of hydrogen-bond donors (Lipinski definition) is 1. The number of aryl methyl sites for hydroxylation is 1. The van der Waals surface area contributed by atoms with Crippen LogP contribution in [-0.2, 0) is 21.4 Å². The van der Waals surface area contributed by atoms with Crippen LogP contribution >= 0.6 is 11.3 Å². The summed E-state index contributed by atoms with van der Waals surface area (Å²) in [4.78, 5) is 33.1. The van der Waals surface area contributed by atoms with Crippen molar-refractivity contribution in [1.82, 2.24) is 4.98 Å². The number of fused-ring (bicyclic) bond motifs is 1. The maximum atomic E-state index is 13.5. The van der Waals surface area contributed by atoms with Crippen molar-refractivity contribution in [3.05, 3.63) is 107 Å². The zero-order valence-electron chi connectivity index (χ0n) is 20.6. The van der Waals surface area contributed by atoms with Crippen LogP contribution < -0.4 is 4.90 Å². The average molecular weight is 497 g/mol. The first-order chi connectivity index (χ1) is 17.2. The van der Waals surface area contributed by atoms with E-state index in [0.29, 0.717) is 11.6 Å². The molecule has 1 unspecified atom stereocenters. The molecule has 5 nitrogen and oxygen atoms in total. The highest BCUT2D eigenvalue weighted by Gasteiger charge is 2.45. The lowest BCUT2D eigenvalue weighted by Crippen LogP contribution is -2.31. The minimum atomic E-state index is -0.740. The summed E-state index contributed by atoms with van der Waals surface area (Å²) in [6, 6.07) is 24.6. The van der Waals surface area contributed by atoms with Crippen LogP contribution in [-0.4, -0.2) is 21.8 Å². The van der Waals surface area contributed by atoms with Crippen LogP contribution in [0.3, 0.4) is 0 Å². The number of thiazole rings is 1. The van der Waals surface area contributed by atoms with Gasteiger partial charge in [0.15, 0.2) is 16.7 Å². The van der Waals surface area contributed by atoms with Crippen LogP contribution in [0.25, 0.3) is 10.2 Å². The molecule has 1 aromatic heterocycles. The predicted octanol–water partition coefficient (Wildman–Crippen LogP) is 6.70. The number of amides is 1. The lowest BCUT2D eigenvalue weighted by atomic mass is 9.85. The molecule has 5 rings (SSSR count). The summed E-state index contributed by atoms with van der Waals surface area (Å²) in [7, 11) is 0.